The predicted octanol–water partition coefficient (Wildman–Crippen LogP) is -1.52. The van der Waals surface area contributed by atoms with Crippen LogP contribution < -0.4 is 0 Å². The molecule has 3 saturated heterocycles. The zero-order chi connectivity index (χ0) is 51.6. The minimum absolute atomic E-state index is 0.0919. The van der Waals surface area contributed by atoms with E-state index in [0.717, 1.165) is 18.4 Å². The molecule has 7 fully saturated rings. The summed E-state index contributed by atoms with van der Waals surface area (Å²) in [6.07, 6.45) is -23.2. The van der Waals surface area contributed by atoms with Gasteiger partial charge in [0.15, 0.2) is 30.6 Å². The highest BCUT2D eigenvalue weighted by Crippen LogP contribution is 2.75. The van der Waals surface area contributed by atoms with E-state index in [0.29, 0.717) is 38.5 Å². The third-order valence-corrected chi connectivity index (χ3v) is 19.4. The van der Waals surface area contributed by atoms with Crippen LogP contribution in [0.4, 0.5) is 0 Å². The van der Waals surface area contributed by atoms with E-state index < -0.39 is 168 Å². The van der Waals surface area contributed by atoms with Gasteiger partial charge in [-0.05, 0) is 104 Å². The molecular weight excluding hydrogens is 929 g/mol. The van der Waals surface area contributed by atoms with E-state index in [2.05, 4.69) is 20.8 Å². The maximum absolute atomic E-state index is 15.2. The van der Waals surface area contributed by atoms with Crippen molar-refractivity contribution >= 4 is 23.7 Å². The summed E-state index contributed by atoms with van der Waals surface area (Å²) in [6.45, 7) is 11.0. The average molecular weight is 1000 g/mol. The molecule has 8 aliphatic rings. The van der Waals surface area contributed by atoms with Crippen molar-refractivity contribution < 1.29 is 109 Å². The van der Waals surface area contributed by atoms with E-state index in [1.54, 1.807) is 19.9 Å². The molecule has 25 atom stereocenters. The number of hydrogen-bond acceptors (Lipinski definition) is 20. The van der Waals surface area contributed by atoms with Gasteiger partial charge < -0.3 is 89.7 Å². The Labute approximate surface area is 404 Å². The third kappa shape index (κ3) is 8.10. The standard InChI is InChI=1S/C48H72O22/c1-43-11-12-44(2,42(64)70-39-31(58)26(53)25(52)22(17-49)65-39)16-20(43)19-15-21(51)36-45(3)9-8-24(46(4,18-50)23(45)7-10-48(36,6)47(19,5)14-13-43)66-41-35(30(57)29(56)34(68-41)38(62)63)69-40-32(59)27(54)28(55)33(67-40)37(60)61/h15,20,22-36,39-41,49-50,52-59H,7-14,16-18H2,1-6H3,(H,60,61)(H,62,63)/t20-,22+,23+,24-,25+,26-,27-,28-,29-,30-,31+,32+,33-,34-,35+,36+,39-,40-,41+,43+,44-,45-,46+,47+,48+/m0/s1. The Kier molecular flexibility index (Phi) is 14.2. The van der Waals surface area contributed by atoms with Gasteiger partial charge in [-0.25, -0.2) is 9.59 Å². The molecule has 3 aliphatic heterocycles. The Morgan fingerprint density at radius 2 is 1.24 bits per heavy atom. The van der Waals surface area contributed by atoms with Crippen molar-refractivity contribution in [3.63, 3.8) is 0 Å². The van der Waals surface area contributed by atoms with Crippen LogP contribution in [0.3, 0.4) is 0 Å². The van der Waals surface area contributed by atoms with E-state index in [1.165, 1.54) is 0 Å². The Balaban J connectivity index is 1.06. The number of allylic oxidation sites excluding steroid dienone is 2. The van der Waals surface area contributed by atoms with Crippen molar-refractivity contribution in [1.82, 2.24) is 0 Å². The molecule has 3 heterocycles. The van der Waals surface area contributed by atoms with Crippen molar-refractivity contribution in [2.75, 3.05) is 13.2 Å². The smallest absolute Gasteiger partial charge is 0.335 e. The van der Waals surface area contributed by atoms with Gasteiger partial charge in [-0.1, -0.05) is 40.2 Å². The Morgan fingerprint density at radius 1 is 0.657 bits per heavy atom. The van der Waals surface area contributed by atoms with Crippen molar-refractivity contribution in [3.8, 4) is 0 Å². The highest BCUT2D eigenvalue weighted by atomic mass is 16.8. The lowest BCUT2D eigenvalue weighted by atomic mass is 9.33. The van der Waals surface area contributed by atoms with Crippen LogP contribution in [0.25, 0.3) is 0 Å². The van der Waals surface area contributed by atoms with Crippen molar-refractivity contribution in [3.05, 3.63) is 11.6 Å². The zero-order valence-electron chi connectivity index (χ0n) is 40.3. The molecule has 12 N–H and O–H groups in total. The molecule has 396 valence electrons. The zero-order valence-corrected chi connectivity index (χ0v) is 40.3. The molecule has 0 aromatic rings. The van der Waals surface area contributed by atoms with Gasteiger partial charge in [0.1, 0.15) is 61.0 Å². The quantitative estimate of drug-likeness (QED) is 0.0873. The maximum Gasteiger partial charge on any atom is 0.335 e. The Hall–Kier alpha value is -2.78. The number of fused-ring (bicyclic) bond motifs is 7. The van der Waals surface area contributed by atoms with Crippen molar-refractivity contribution in [2.24, 2.45) is 50.2 Å². The van der Waals surface area contributed by atoms with E-state index in [1.807, 2.05) is 6.92 Å². The van der Waals surface area contributed by atoms with Gasteiger partial charge in [-0.2, -0.15) is 0 Å². The fourth-order valence-corrected chi connectivity index (χ4v) is 14.8. The van der Waals surface area contributed by atoms with Gasteiger partial charge in [0.2, 0.25) is 6.29 Å². The lowest BCUT2D eigenvalue weighted by molar-refractivity contribution is -0.372. The van der Waals surface area contributed by atoms with Gasteiger partial charge in [0.25, 0.3) is 0 Å². The van der Waals surface area contributed by atoms with Gasteiger partial charge in [0.05, 0.1) is 24.7 Å². The van der Waals surface area contributed by atoms with E-state index >= 15 is 4.79 Å². The fourth-order valence-electron chi connectivity index (χ4n) is 14.8. The number of carbonyl (C=O) groups is 4. The minimum Gasteiger partial charge on any atom is -0.479 e. The van der Waals surface area contributed by atoms with E-state index in [9.17, 15) is 75.7 Å². The number of ketones is 1. The van der Waals surface area contributed by atoms with Crippen LogP contribution >= 0.6 is 0 Å². The number of aliphatic carboxylic acids is 2. The largest absolute Gasteiger partial charge is 0.479 e. The molecule has 22 heteroatoms. The summed E-state index contributed by atoms with van der Waals surface area (Å²) >= 11 is 0. The molecule has 0 aromatic carbocycles. The number of carboxylic acids is 2. The van der Waals surface area contributed by atoms with Crippen LogP contribution in [0.5, 0.6) is 0 Å². The molecule has 0 unspecified atom stereocenters. The number of hydrogen-bond donors (Lipinski definition) is 12. The monoisotopic (exact) mass is 1000 g/mol. The van der Waals surface area contributed by atoms with E-state index in [4.69, 9.17) is 28.4 Å². The number of aliphatic hydroxyl groups excluding tert-OH is 10. The van der Waals surface area contributed by atoms with Gasteiger partial charge in [-0.3, -0.25) is 9.59 Å². The first-order valence-electron chi connectivity index (χ1n) is 24.4. The number of esters is 1. The van der Waals surface area contributed by atoms with Crippen LogP contribution in [0.15, 0.2) is 11.6 Å². The molecule has 8 rings (SSSR count). The number of carboxylic acid groups (broad SMARTS) is 2. The molecule has 0 radical (unpaired) electrons. The van der Waals surface area contributed by atoms with Crippen molar-refractivity contribution in [2.45, 2.75) is 198 Å². The molecule has 0 amide bonds. The molecule has 4 saturated carbocycles. The van der Waals surface area contributed by atoms with Crippen LogP contribution in [-0.2, 0) is 47.6 Å². The fraction of sp³-hybridized carbons (Fsp3) is 0.875. The summed E-state index contributed by atoms with van der Waals surface area (Å²) in [4.78, 5) is 53.5. The second-order valence-electron chi connectivity index (χ2n) is 23.3. The number of rotatable bonds is 10. The summed E-state index contributed by atoms with van der Waals surface area (Å²) in [6, 6.07) is 0. The SMILES string of the molecule is C[C@]1(C(=O)O[C@@H]2O[C@H](CO)[C@@H](O)[C@H](O)[C@H]2O)CC[C@]2(C)CC[C@]3(C)C(=CC(=O)[C@@H]4[C@@]5(C)CC[C@H](O[C@@H]6O[C@H](C(=O)O)[C@@H](O)[C@H](O)[C@H]6O[C@@H]6O[C@H](C(=O)O)[C@@H](O)[C@H](O)[C@H]6O)[C@](C)(CO)[C@@H]5CC[C@]43C)[C@@H]2C1. The van der Waals surface area contributed by atoms with Crippen LogP contribution in [0.1, 0.15) is 99.3 Å². The van der Waals surface area contributed by atoms with Crippen molar-refractivity contribution in [1.29, 1.82) is 0 Å². The first-order valence-corrected chi connectivity index (χ1v) is 24.4. The summed E-state index contributed by atoms with van der Waals surface area (Å²) < 4.78 is 34.5. The number of carbonyl (C=O) groups excluding carboxylic acids is 2. The predicted molar refractivity (Wildman–Crippen MR) is 233 cm³/mol. The highest BCUT2D eigenvalue weighted by Gasteiger charge is 2.71. The Bertz CT molecular complexity index is 2070. The first kappa shape index (κ1) is 53.5. The second-order valence-corrected chi connectivity index (χ2v) is 23.3. The van der Waals surface area contributed by atoms with Gasteiger partial charge >= 0.3 is 17.9 Å². The molecule has 70 heavy (non-hydrogen) atoms. The van der Waals surface area contributed by atoms with Crippen LogP contribution in [-0.4, -0.2) is 196 Å². The second kappa shape index (κ2) is 18.6. The van der Waals surface area contributed by atoms with Gasteiger partial charge in [-0.15, -0.1) is 0 Å². The lowest BCUT2D eigenvalue weighted by Crippen LogP contribution is -2.69. The summed E-state index contributed by atoms with van der Waals surface area (Å²) in [5.41, 5.74) is -3.51. The molecule has 22 nitrogen and oxygen atoms in total. The van der Waals surface area contributed by atoms with Crippen LogP contribution in [0.2, 0.25) is 0 Å². The first-order chi connectivity index (χ1) is 32.6. The summed E-state index contributed by atoms with van der Waals surface area (Å²) in [5.74, 6) is -5.35. The number of ether oxygens (including phenoxy) is 6. The van der Waals surface area contributed by atoms with Crippen LogP contribution in [0, 0.1) is 50.2 Å². The molecule has 5 aliphatic carbocycles. The number of aliphatic hydroxyl groups is 10. The van der Waals surface area contributed by atoms with E-state index in [-0.39, 0.29) is 23.5 Å². The Morgan fingerprint density at radius 3 is 1.86 bits per heavy atom. The summed E-state index contributed by atoms with van der Waals surface area (Å²) in [7, 11) is 0. The average Bonchev–Trinajstić information content (AvgIpc) is 3.30. The molecule has 0 bridgehead atoms. The summed E-state index contributed by atoms with van der Waals surface area (Å²) in [5, 5.41) is 126. The minimum atomic E-state index is -2.13. The normalized spacial score (nSPS) is 53.6. The topological polar surface area (TPSA) is 366 Å². The molecular formula is C48H72O22. The molecule has 0 spiro atoms. The maximum atomic E-state index is 15.2. The third-order valence-electron chi connectivity index (χ3n) is 19.4. The lowest BCUT2D eigenvalue weighted by Gasteiger charge is -2.70. The van der Waals surface area contributed by atoms with Gasteiger partial charge in [0, 0.05) is 11.3 Å². The highest BCUT2D eigenvalue weighted by molar-refractivity contribution is 5.95. The molecule has 0 aromatic heterocycles.